The predicted molar refractivity (Wildman–Crippen MR) is 68.3 cm³/mol. The first-order chi connectivity index (χ1) is 8.58. The number of nitrogens with one attached hydrogen (secondary N) is 1. The second-order valence-corrected chi connectivity index (χ2v) is 5.09. The molecule has 1 fully saturated rings. The van der Waals surface area contributed by atoms with Crippen LogP contribution in [0.1, 0.15) is 23.4 Å². The van der Waals surface area contributed by atoms with Crippen LogP contribution < -0.4 is 0 Å². The molecule has 0 bridgehead atoms. The van der Waals surface area contributed by atoms with E-state index in [1.165, 1.54) is 0 Å². The number of likely N-dealkylation sites (N-methyl/N-ethyl adjacent to an activating group) is 1. The number of ether oxygens (including phenoxy) is 1. The second kappa shape index (κ2) is 5.52. The fourth-order valence-corrected chi connectivity index (χ4v) is 2.34. The van der Waals surface area contributed by atoms with E-state index >= 15 is 0 Å². The number of hydrogen-bond acceptors (Lipinski definition) is 3. The van der Waals surface area contributed by atoms with Crippen LogP contribution in [0, 0.1) is 19.8 Å². The molecule has 1 saturated heterocycles. The summed E-state index contributed by atoms with van der Waals surface area (Å²) < 4.78 is 5.33. The summed E-state index contributed by atoms with van der Waals surface area (Å²) in [6.45, 7) is 6.27. The van der Waals surface area contributed by atoms with Crippen molar-refractivity contribution in [1.29, 1.82) is 0 Å². The summed E-state index contributed by atoms with van der Waals surface area (Å²) in [5.74, 6) is 0.639. The predicted octanol–water partition coefficient (Wildman–Crippen LogP) is 1.06. The zero-order chi connectivity index (χ0) is 13.1. The molecule has 0 radical (unpaired) electrons. The van der Waals surface area contributed by atoms with E-state index in [2.05, 4.69) is 10.2 Å². The third kappa shape index (κ3) is 2.90. The SMILES string of the molecule is Cc1n[nH]c(C)c1CC(=O)N(C)CC1CCOC1. The Balaban J connectivity index is 1.90. The summed E-state index contributed by atoms with van der Waals surface area (Å²) in [6, 6.07) is 0. The molecular weight excluding hydrogens is 230 g/mol. The molecule has 1 amide bonds. The Morgan fingerprint density at radius 3 is 2.89 bits per heavy atom. The highest BCUT2D eigenvalue weighted by Crippen LogP contribution is 2.15. The highest BCUT2D eigenvalue weighted by atomic mass is 16.5. The minimum Gasteiger partial charge on any atom is -0.381 e. The minimum absolute atomic E-state index is 0.148. The highest BCUT2D eigenvalue weighted by Gasteiger charge is 2.21. The number of amides is 1. The first-order valence-corrected chi connectivity index (χ1v) is 6.40. The number of carbonyl (C=O) groups excluding carboxylic acids is 1. The van der Waals surface area contributed by atoms with Crippen LogP contribution in [0.4, 0.5) is 0 Å². The number of H-pyrrole nitrogens is 1. The van der Waals surface area contributed by atoms with Crippen LogP contribution in [0.2, 0.25) is 0 Å². The molecule has 1 unspecified atom stereocenters. The Morgan fingerprint density at radius 2 is 2.33 bits per heavy atom. The Morgan fingerprint density at radius 1 is 1.56 bits per heavy atom. The van der Waals surface area contributed by atoms with E-state index in [1.54, 1.807) is 0 Å². The van der Waals surface area contributed by atoms with Crippen molar-refractivity contribution in [2.75, 3.05) is 26.8 Å². The number of carbonyl (C=O) groups is 1. The Bertz CT molecular complexity index is 402. The van der Waals surface area contributed by atoms with Gasteiger partial charge in [0.05, 0.1) is 18.7 Å². The fraction of sp³-hybridized carbons (Fsp3) is 0.692. The van der Waals surface area contributed by atoms with Crippen LogP contribution in [0.25, 0.3) is 0 Å². The van der Waals surface area contributed by atoms with Gasteiger partial charge in [-0.2, -0.15) is 5.10 Å². The maximum absolute atomic E-state index is 12.1. The molecule has 2 rings (SSSR count). The average Bonchev–Trinajstić information content (AvgIpc) is 2.94. The van der Waals surface area contributed by atoms with Crippen molar-refractivity contribution in [1.82, 2.24) is 15.1 Å². The zero-order valence-corrected chi connectivity index (χ0v) is 11.3. The molecule has 1 aromatic heterocycles. The molecule has 1 atom stereocenters. The van der Waals surface area contributed by atoms with Crippen LogP contribution >= 0.6 is 0 Å². The highest BCUT2D eigenvalue weighted by molar-refractivity contribution is 5.79. The summed E-state index contributed by atoms with van der Waals surface area (Å²) in [7, 11) is 1.87. The largest absolute Gasteiger partial charge is 0.381 e. The first kappa shape index (κ1) is 13.1. The Labute approximate surface area is 108 Å². The number of aromatic amines is 1. The van der Waals surface area contributed by atoms with Crippen LogP contribution in [0.15, 0.2) is 0 Å². The lowest BCUT2D eigenvalue weighted by molar-refractivity contribution is -0.129. The van der Waals surface area contributed by atoms with Gasteiger partial charge in [-0.3, -0.25) is 9.89 Å². The lowest BCUT2D eigenvalue weighted by Gasteiger charge is -2.20. The molecule has 0 spiro atoms. The number of hydrogen-bond donors (Lipinski definition) is 1. The molecular formula is C13H21N3O2. The Kier molecular flexibility index (Phi) is 4.01. The quantitative estimate of drug-likeness (QED) is 0.870. The van der Waals surface area contributed by atoms with Crippen molar-refractivity contribution in [2.45, 2.75) is 26.7 Å². The first-order valence-electron chi connectivity index (χ1n) is 6.40. The normalized spacial score (nSPS) is 19.2. The molecule has 5 nitrogen and oxygen atoms in total. The van der Waals surface area contributed by atoms with Gasteiger partial charge in [0.15, 0.2) is 0 Å². The van der Waals surface area contributed by atoms with Crippen LogP contribution in [-0.4, -0.2) is 47.8 Å². The number of aromatic nitrogens is 2. The van der Waals surface area contributed by atoms with Crippen molar-refractivity contribution < 1.29 is 9.53 Å². The van der Waals surface area contributed by atoms with Crippen LogP contribution in [0.5, 0.6) is 0 Å². The van der Waals surface area contributed by atoms with E-state index in [9.17, 15) is 4.79 Å². The van der Waals surface area contributed by atoms with Gasteiger partial charge in [0.2, 0.25) is 5.91 Å². The van der Waals surface area contributed by atoms with Gasteiger partial charge < -0.3 is 9.64 Å². The molecule has 1 aromatic rings. The van der Waals surface area contributed by atoms with Gasteiger partial charge in [0, 0.05) is 37.4 Å². The van der Waals surface area contributed by atoms with E-state index in [0.29, 0.717) is 12.3 Å². The molecule has 0 saturated carbocycles. The van der Waals surface area contributed by atoms with Crippen molar-refractivity contribution in [3.05, 3.63) is 17.0 Å². The zero-order valence-electron chi connectivity index (χ0n) is 11.3. The summed E-state index contributed by atoms with van der Waals surface area (Å²) >= 11 is 0. The van der Waals surface area contributed by atoms with Crippen molar-refractivity contribution >= 4 is 5.91 Å². The molecule has 1 N–H and O–H groups in total. The van der Waals surface area contributed by atoms with Crippen molar-refractivity contribution in [2.24, 2.45) is 5.92 Å². The summed E-state index contributed by atoms with van der Waals surface area (Å²) in [5.41, 5.74) is 2.92. The van der Waals surface area contributed by atoms with Crippen LogP contribution in [-0.2, 0) is 16.0 Å². The lowest BCUT2D eigenvalue weighted by Crippen LogP contribution is -2.33. The third-order valence-corrected chi connectivity index (χ3v) is 3.59. The standard InChI is InChI=1S/C13H21N3O2/c1-9-12(10(2)15-14-9)6-13(17)16(3)7-11-4-5-18-8-11/h11H,4-8H2,1-3H3,(H,14,15). The number of aryl methyl sites for hydroxylation is 2. The Hall–Kier alpha value is -1.36. The van der Waals surface area contributed by atoms with Gasteiger partial charge in [-0.25, -0.2) is 0 Å². The fourth-order valence-electron chi connectivity index (χ4n) is 2.34. The van der Waals surface area contributed by atoms with Gasteiger partial charge >= 0.3 is 0 Å². The minimum atomic E-state index is 0.148. The maximum Gasteiger partial charge on any atom is 0.226 e. The molecule has 5 heteroatoms. The van der Waals surface area contributed by atoms with Crippen molar-refractivity contribution in [3.8, 4) is 0 Å². The number of rotatable bonds is 4. The molecule has 100 valence electrons. The van der Waals surface area contributed by atoms with E-state index in [-0.39, 0.29) is 5.91 Å². The molecule has 18 heavy (non-hydrogen) atoms. The smallest absolute Gasteiger partial charge is 0.226 e. The topological polar surface area (TPSA) is 58.2 Å². The summed E-state index contributed by atoms with van der Waals surface area (Å²) in [6.07, 6.45) is 1.49. The van der Waals surface area contributed by atoms with Gasteiger partial charge in [-0.15, -0.1) is 0 Å². The third-order valence-electron chi connectivity index (χ3n) is 3.59. The molecule has 1 aliphatic rings. The van der Waals surface area contributed by atoms with Gasteiger partial charge in [0.1, 0.15) is 0 Å². The van der Waals surface area contributed by atoms with Gasteiger partial charge in [-0.05, 0) is 20.3 Å². The van der Waals surface area contributed by atoms with E-state index in [1.807, 2.05) is 25.8 Å². The molecule has 0 aromatic carbocycles. The number of nitrogens with zero attached hydrogens (tertiary/aromatic N) is 2. The van der Waals surface area contributed by atoms with E-state index < -0.39 is 0 Å². The van der Waals surface area contributed by atoms with Crippen LogP contribution in [0.3, 0.4) is 0 Å². The maximum atomic E-state index is 12.1. The van der Waals surface area contributed by atoms with Gasteiger partial charge in [-0.1, -0.05) is 0 Å². The molecule has 0 aliphatic carbocycles. The molecule has 2 heterocycles. The monoisotopic (exact) mass is 251 g/mol. The van der Waals surface area contributed by atoms with E-state index in [0.717, 1.165) is 43.1 Å². The lowest BCUT2D eigenvalue weighted by atomic mass is 10.1. The molecule has 1 aliphatic heterocycles. The average molecular weight is 251 g/mol. The van der Waals surface area contributed by atoms with Crippen molar-refractivity contribution in [3.63, 3.8) is 0 Å². The van der Waals surface area contributed by atoms with Gasteiger partial charge in [0.25, 0.3) is 0 Å². The second-order valence-electron chi connectivity index (χ2n) is 5.09. The summed E-state index contributed by atoms with van der Waals surface area (Å²) in [4.78, 5) is 14.0. The van der Waals surface area contributed by atoms with E-state index in [4.69, 9.17) is 4.74 Å². The summed E-state index contributed by atoms with van der Waals surface area (Å²) in [5, 5.41) is 7.03.